The van der Waals surface area contributed by atoms with E-state index in [1.165, 1.54) is 61.2 Å². The molecule has 32 heavy (non-hydrogen) atoms. The summed E-state index contributed by atoms with van der Waals surface area (Å²) in [7, 11) is 1.82. The van der Waals surface area contributed by atoms with E-state index in [2.05, 4.69) is 29.7 Å². The van der Waals surface area contributed by atoms with Crippen LogP contribution >= 0.6 is 0 Å². The van der Waals surface area contributed by atoms with Gasteiger partial charge in [0.05, 0.1) is 23.3 Å². The van der Waals surface area contributed by atoms with E-state index in [4.69, 9.17) is 4.74 Å². The largest absolute Gasteiger partial charge is 0.573 e. The van der Waals surface area contributed by atoms with Crippen molar-refractivity contribution in [3.63, 3.8) is 0 Å². The number of methoxy groups -OCH3 is 1. The number of benzene rings is 1. The van der Waals surface area contributed by atoms with Gasteiger partial charge in [0.2, 0.25) is 5.95 Å². The van der Waals surface area contributed by atoms with Gasteiger partial charge in [0.1, 0.15) is 23.4 Å². The zero-order valence-electron chi connectivity index (χ0n) is 17.7. The standard InChI is InChI=1S/C14H9F3N6O.C7H14O/c1-7-20-10-5-18-13(22-12(10)21-7)23-6-19-9-3-2-8(4-11(9)23)24-14(15,16)17;1-8-7-5-3-2-4-6-7/h2-6H,1H3,(H,18,20,21,22);7H,2-6H2,1H3. The number of hydrogen-bond acceptors (Lipinski definition) is 6. The third kappa shape index (κ3) is 5.16. The first kappa shape index (κ1) is 22.0. The normalized spacial score (nSPS) is 15.0. The molecule has 0 aliphatic heterocycles. The van der Waals surface area contributed by atoms with Gasteiger partial charge < -0.3 is 14.5 Å². The molecule has 1 saturated carbocycles. The molecule has 0 spiro atoms. The summed E-state index contributed by atoms with van der Waals surface area (Å²) >= 11 is 0. The van der Waals surface area contributed by atoms with E-state index in [0.29, 0.717) is 34.1 Å². The molecule has 1 N–H and O–H groups in total. The Labute approximate surface area is 181 Å². The molecule has 11 heteroatoms. The molecule has 0 unspecified atom stereocenters. The second kappa shape index (κ2) is 9.11. The Kier molecular flexibility index (Phi) is 6.26. The van der Waals surface area contributed by atoms with Crippen molar-refractivity contribution in [2.75, 3.05) is 7.11 Å². The van der Waals surface area contributed by atoms with E-state index in [1.807, 2.05) is 7.11 Å². The Hall–Kier alpha value is -3.21. The minimum Gasteiger partial charge on any atom is -0.406 e. The zero-order valence-corrected chi connectivity index (χ0v) is 17.7. The number of nitrogens with zero attached hydrogens (tertiary/aromatic N) is 5. The number of H-pyrrole nitrogens is 1. The Morgan fingerprint density at radius 1 is 1.09 bits per heavy atom. The van der Waals surface area contributed by atoms with Gasteiger partial charge in [-0.1, -0.05) is 19.3 Å². The molecule has 0 amide bonds. The van der Waals surface area contributed by atoms with Gasteiger partial charge in [-0.05, 0) is 31.9 Å². The zero-order chi connectivity index (χ0) is 22.7. The van der Waals surface area contributed by atoms with E-state index in [-0.39, 0.29) is 11.7 Å². The lowest BCUT2D eigenvalue weighted by atomic mass is 9.98. The molecular formula is C21H23F3N6O2. The highest BCUT2D eigenvalue weighted by Crippen LogP contribution is 2.27. The number of alkyl halides is 3. The molecule has 0 bridgehead atoms. The molecule has 1 aliphatic carbocycles. The fraction of sp³-hybridized carbons (Fsp3) is 0.429. The van der Waals surface area contributed by atoms with Crippen molar-refractivity contribution < 1.29 is 22.6 Å². The number of rotatable bonds is 3. The molecule has 4 aromatic rings. The topological polar surface area (TPSA) is 90.7 Å². The molecule has 8 nitrogen and oxygen atoms in total. The van der Waals surface area contributed by atoms with Crippen molar-refractivity contribution in [1.82, 2.24) is 29.5 Å². The van der Waals surface area contributed by atoms with E-state index in [0.717, 1.165) is 0 Å². The first-order chi connectivity index (χ1) is 15.3. The summed E-state index contributed by atoms with van der Waals surface area (Å²) in [5, 5.41) is 0. The first-order valence-corrected chi connectivity index (χ1v) is 10.3. The summed E-state index contributed by atoms with van der Waals surface area (Å²) in [6.45, 7) is 1.79. The van der Waals surface area contributed by atoms with Crippen molar-refractivity contribution in [3.05, 3.63) is 36.5 Å². The van der Waals surface area contributed by atoms with Crippen LogP contribution in [0.3, 0.4) is 0 Å². The average molecular weight is 448 g/mol. The van der Waals surface area contributed by atoms with Crippen molar-refractivity contribution >= 4 is 22.2 Å². The number of halogens is 3. The SMILES string of the molecule is COC1CCCCC1.Cc1nc2nc(-n3cnc4ccc(OC(F)(F)F)cc43)ncc2[nH]1. The molecule has 5 rings (SSSR count). The summed E-state index contributed by atoms with van der Waals surface area (Å²) in [4.78, 5) is 19.8. The maximum Gasteiger partial charge on any atom is 0.573 e. The van der Waals surface area contributed by atoms with Crippen LogP contribution in [0.2, 0.25) is 0 Å². The van der Waals surface area contributed by atoms with E-state index >= 15 is 0 Å². The van der Waals surface area contributed by atoms with Crippen molar-refractivity contribution in [1.29, 1.82) is 0 Å². The molecule has 1 aliphatic rings. The quantitative estimate of drug-likeness (QED) is 0.481. The minimum atomic E-state index is -4.76. The van der Waals surface area contributed by atoms with Crippen LogP contribution in [0.25, 0.3) is 28.1 Å². The smallest absolute Gasteiger partial charge is 0.406 e. The summed E-state index contributed by atoms with van der Waals surface area (Å²) in [6.07, 6.45) is 5.55. The van der Waals surface area contributed by atoms with Gasteiger partial charge in [0.15, 0.2) is 5.65 Å². The lowest BCUT2D eigenvalue weighted by molar-refractivity contribution is -0.274. The summed E-state index contributed by atoms with van der Waals surface area (Å²) < 4.78 is 47.8. The van der Waals surface area contributed by atoms with Gasteiger partial charge >= 0.3 is 6.36 Å². The third-order valence-electron chi connectivity index (χ3n) is 5.20. The number of fused-ring (bicyclic) bond motifs is 2. The van der Waals surface area contributed by atoms with E-state index < -0.39 is 6.36 Å². The van der Waals surface area contributed by atoms with Crippen molar-refractivity contribution in [3.8, 4) is 11.7 Å². The van der Waals surface area contributed by atoms with Crippen LogP contribution in [0.5, 0.6) is 5.75 Å². The molecule has 0 radical (unpaired) electrons. The molecule has 0 saturated heterocycles. The van der Waals surface area contributed by atoms with Crippen molar-refractivity contribution in [2.24, 2.45) is 0 Å². The lowest BCUT2D eigenvalue weighted by Crippen LogP contribution is -2.17. The minimum absolute atomic E-state index is 0.251. The highest BCUT2D eigenvalue weighted by atomic mass is 19.4. The number of aryl methyl sites for hydroxylation is 1. The Morgan fingerprint density at radius 2 is 1.88 bits per heavy atom. The van der Waals surface area contributed by atoms with Crippen LogP contribution in [-0.4, -0.2) is 49.1 Å². The fourth-order valence-electron chi connectivity index (χ4n) is 3.68. The van der Waals surface area contributed by atoms with Crippen molar-refractivity contribution in [2.45, 2.75) is 51.5 Å². The maximum absolute atomic E-state index is 12.4. The van der Waals surface area contributed by atoms with Crippen LogP contribution in [0, 0.1) is 6.92 Å². The van der Waals surface area contributed by atoms with Gasteiger partial charge in [-0.25, -0.2) is 15.0 Å². The van der Waals surface area contributed by atoms with Gasteiger partial charge in [0, 0.05) is 13.2 Å². The van der Waals surface area contributed by atoms with Gasteiger partial charge in [-0.2, -0.15) is 4.98 Å². The molecule has 1 fully saturated rings. The molecule has 1 aromatic carbocycles. The molecule has 170 valence electrons. The maximum atomic E-state index is 12.4. The summed E-state index contributed by atoms with van der Waals surface area (Å²) in [5.74, 6) is 0.599. The van der Waals surface area contributed by atoms with Crippen LogP contribution in [0.1, 0.15) is 37.9 Å². The lowest BCUT2D eigenvalue weighted by Gasteiger charge is -2.19. The number of aromatic amines is 1. The summed E-state index contributed by atoms with van der Waals surface area (Å²) in [5.41, 5.74) is 2.01. The number of nitrogens with one attached hydrogen (secondary N) is 1. The Morgan fingerprint density at radius 3 is 2.56 bits per heavy atom. The predicted molar refractivity (Wildman–Crippen MR) is 112 cm³/mol. The molecule has 0 atom stereocenters. The fourth-order valence-corrected chi connectivity index (χ4v) is 3.68. The molecule has 3 heterocycles. The number of hydrogen-bond donors (Lipinski definition) is 1. The van der Waals surface area contributed by atoms with Gasteiger partial charge in [-0.3, -0.25) is 4.57 Å². The highest BCUT2D eigenvalue weighted by Gasteiger charge is 2.31. The third-order valence-corrected chi connectivity index (χ3v) is 5.20. The average Bonchev–Trinajstić information content (AvgIpc) is 3.35. The van der Waals surface area contributed by atoms with E-state index in [1.54, 1.807) is 13.1 Å². The van der Waals surface area contributed by atoms with Gasteiger partial charge in [0.25, 0.3) is 0 Å². The Bertz CT molecular complexity index is 1200. The van der Waals surface area contributed by atoms with Crippen LogP contribution < -0.4 is 4.74 Å². The second-order valence-electron chi connectivity index (χ2n) is 7.54. The molecular weight excluding hydrogens is 425 g/mol. The van der Waals surface area contributed by atoms with Gasteiger partial charge in [-0.15, -0.1) is 13.2 Å². The summed E-state index contributed by atoms with van der Waals surface area (Å²) in [6, 6.07) is 3.87. The van der Waals surface area contributed by atoms with E-state index in [9.17, 15) is 13.2 Å². The van der Waals surface area contributed by atoms with Crippen LogP contribution in [0.4, 0.5) is 13.2 Å². The number of aromatic nitrogens is 6. The highest BCUT2D eigenvalue weighted by molar-refractivity contribution is 5.79. The molecule has 3 aromatic heterocycles. The predicted octanol–water partition coefficient (Wildman–Crippen LogP) is 4.86. The van der Waals surface area contributed by atoms with Crippen LogP contribution in [0.15, 0.2) is 30.7 Å². The number of imidazole rings is 2. The second-order valence-corrected chi connectivity index (χ2v) is 7.54. The Balaban J connectivity index is 0.000000260. The van der Waals surface area contributed by atoms with Crippen LogP contribution in [-0.2, 0) is 4.74 Å². The monoisotopic (exact) mass is 448 g/mol. The first-order valence-electron chi connectivity index (χ1n) is 10.3. The number of ether oxygens (including phenoxy) is 2.